The molecule has 0 bridgehead atoms. The Morgan fingerprint density at radius 1 is 1.16 bits per heavy atom. The number of pyridine rings is 1. The zero-order chi connectivity index (χ0) is 25.9. The van der Waals surface area contributed by atoms with Crippen molar-refractivity contribution >= 4 is 22.7 Å². The van der Waals surface area contributed by atoms with Crippen molar-refractivity contribution in [2.24, 2.45) is 0 Å². The summed E-state index contributed by atoms with van der Waals surface area (Å²) in [5, 5.41) is 16.9. The fourth-order valence-corrected chi connectivity index (χ4v) is 5.32. The van der Waals surface area contributed by atoms with Crippen LogP contribution in [-0.2, 0) is 17.4 Å². The van der Waals surface area contributed by atoms with Gasteiger partial charge in [-0.05, 0) is 62.1 Å². The van der Waals surface area contributed by atoms with E-state index in [1.807, 2.05) is 38.1 Å². The average molecular weight is 495 g/mol. The topological polar surface area (TPSA) is 113 Å². The van der Waals surface area contributed by atoms with Gasteiger partial charge in [0.25, 0.3) is 5.56 Å². The minimum absolute atomic E-state index is 0.0729. The van der Waals surface area contributed by atoms with Gasteiger partial charge in [0, 0.05) is 36.4 Å². The minimum atomic E-state index is -0.528. The van der Waals surface area contributed by atoms with Gasteiger partial charge in [-0.3, -0.25) is 4.79 Å². The highest BCUT2D eigenvalue weighted by molar-refractivity contribution is 5.77. The molecule has 1 aromatic carbocycles. The molecule has 1 saturated carbocycles. The summed E-state index contributed by atoms with van der Waals surface area (Å²) in [6.45, 7) is 10.1. The Morgan fingerprint density at radius 3 is 2.70 bits per heavy atom. The predicted molar refractivity (Wildman–Crippen MR) is 142 cm³/mol. The lowest BCUT2D eigenvalue weighted by Crippen LogP contribution is -2.38. The first kappa shape index (κ1) is 23.4. The maximum absolute atomic E-state index is 13.4. The lowest BCUT2D eigenvalue weighted by molar-refractivity contribution is 0.435. The van der Waals surface area contributed by atoms with Crippen LogP contribution in [-0.4, -0.2) is 30.9 Å². The van der Waals surface area contributed by atoms with Crippen LogP contribution in [0, 0.1) is 11.3 Å². The van der Waals surface area contributed by atoms with Crippen LogP contribution in [0.4, 0.5) is 11.6 Å². The normalized spacial score (nSPS) is 17.4. The molecule has 9 nitrogen and oxygen atoms in total. The van der Waals surface area contributed by atoms with E-state index in [2.05, 4.69) is 47.7 Å². The fourth-order valence-electron chi connectivity index (χ4n) is 5.32. The zero-order valence-corrected chi connectivity index (χ0v) is 21.5. The van der Waals surface area contributed by atoms with Crippen LogP contribution in [0.2, 0.25) is 0 Å². The van der Waals surface area contributed by atoms with Crippen LogP contribution in [0.5, 0.6) is 0 Å². The molecule has 0 amide bonds. The summed E-state index contributed by atoms with van der Waals surface area (Å²) in [4.78, 5) is 27.4. The molecular formula is C28H30N8O. The molecule has 37 heavy (non-hydrogen) atoms. The second-order valence-electron chi connectivity index (χ2n) is 11.0. The number of rotatable bonds is 5. The molecular weight excluding hydrogens is 464 g/mol. The Hall–Kier alpha value is -4.03. The van der Waals surface area contributed by atoms with Gasteiger partial charge in [-0.2, -0.15) is 10.2 Å². The molecule has 1 fully saturated rings. The molecule has 4 aromatic rings. The van der Waals surface area contributed by atoms with Gasteiger partial charge in [-0.1, -0.05) is 26.0 Å². The monoisotopic (exact) mass is 494 g/mol. The highest BCUT2D eigenvalue weighted by Crippen LogP contribution is 2.46. The first-order valence-electron chi connectivity index (χ1n) is 12.7. The van der Waals surface area contributed by atoms with Gasteiger partial charge >= 0.3 is 0 Å². The number of hydrogen-bond acceptors (Lipinski definition) is 7. The fraction of sp³-hybridized carbons (Fsp3) is 0.393. The average Bonchev–Trinajstić information content (AvgIpc) is 3.62. The van der Waals surface area contributed by atoms with E-state index in [4.69, 9.17) is 9.97 Å². The van der Waals surface area contributed by atoms with Crippen molar-refractivity contribution in [3.05, 3.63) is 69.8 Å². The molecule has 4 heterocycles. The zero-order valence-electron chi connectivity index (χ0n) is 21.5. The van der Waals surface area contributed by atoms with Gasteiger partial charge in [0.2, 0.25) is 5.95 Å². The number of hydrogen-bond donors (Lipinski definition) is 2. The molecule has 9 heteroatoms. The summed E-state index contributed by atoms with van der Waals surface area (Å²) < 4.78 is 3.40. The number of fused-ring (bicyclic) bond motifs is 2. The molecule has 2 N–H and O–H groups in total. The molecule has 1 aliphatic carbocycles. The van der Waals surface area contributed by atoms with Crippen molar-refractivity contribution in [1.29, 1.82) is 5.26 Å². The third kappa shape index (κ3) is 3.80. The summed E-state index contributed by atoms with van der Waals surface area (Å²) in [7, 11) is 0. The van der Waals surface area contributed by atoms with Crippen molar-refractivity contribution in [3.63, 3.8) is 0 Å². The molecule has 6 rings (SSSR count). The van der Waals surface area contributed by atoms with Crippen molar-refractivity contribution in [2.45, 2.75) is 64.0 Å². The summed E-state index contributed by atoms with van der Waals surface area (Å²) in [6, 6.07) is 14.2. The van der Waals surface area contributed by atoms with E-state index in [1.54, 1.807) is 15.6 Å². The SMILES string of the molecule is CC(C)n1c(=O)c2cnc(Nc3ccc4c(c3)CNCC4(C)C)nc2n1-c1cccc(C2(C#N)CC2)n1. The van der Waals surface area contributed by atoms with Gasteiger partial charge in [0.1, 0.15) is 5.39 Å². The Labute approximate surface area is 215 Å². The standard InChI is InChI=1S/C28H30N8O/c1-17(2)35-25(37)20-14-31-26(32-19-8-9-21-18(12-19)13-30-16-27(21,3)4)34-24(20)36(35)23-7-5-6-22(33-23)28(15-29)10-11-28/h5-9,12,14,17,30H,10-11,13,16H2,1-4H3,(H,31,32,34). The Kier molecular flexibility index (Phi) is 5.21. The van der Waals surface area contributed by atoms with E-state index < -0.39 is 5.41 Å². The molecule has 1 aliphatic heterocycles. The maximum atomic E-state index is 13.4. The maximum Gasteiger partial charge on any atom is 0.278 e. The molecule has 0 radical (unpaired) electrons. The molecule has 0 unspecified atom stereocenters. The lowest BCUT2D eigenvalue weighted by Gasteiger charge is -2.33. The summed E-state index contributed by atoms with van der Waals surface area (Å²) in [5.74, 6) is 0.962. The largest absolute Gasteiger partial charge is 0.324 e. The molecule has 188 valence electrons. The molecule has 2 aliphatic rings. The van der Waals surface area contributed by atoms with Gasteiger partial charge in [-0.25, -0.2) is 19.3 Å². The van der Waals surface area contributed by atoms with Crippen molar-refractivity contribution < 1.29 is 0 Å². The van der Waals surface area contributed by atoms with Crippen LogP contribution in [0.3, 0.4) is 0 Å². The number of nitrogens with zero attached hydrogens (tertiary/aromatic N) is 6. The van der Waals surface area contributed by atoms with E-state index in [-0.39, 0.29) is 17.0 Å². The van der Waals surface area contributed by atoms with E-state index in [9.17, 15) is 10.1 Å². The van der Waals surface area contributed by atoms with Gasteiger partial charge in [-0.15, -0.1) is 0 Å². The van der Waals surface area contributed by atoms with Crippen molar-refractivity contribution in [2.75, 3.05) is 11.9 Å². The smallest absolute Gasteiger partial charge is 0.278 e. The number of nitrogens with one attached hydrogen (secondary N) is 2. The van der Waals surface area contributed by atoms with E-state index >= 15 is 0 Å². The number of benzene rings is 1. The first-order chi connectivity index (χ1) is 17.7. The van der Waals surface area contributed by atoms with Crippen LogP contribution < -0.4 is 16.2 Å². The molecule has 3 aromatic heterocycles. The summed E-state index contributed by atoms with van der Waals surface area (Å²) >= 11 is 0. The first-order valence-corrected chi connectivity index (χ1v) is 12.7. The molecule has 0 atom stereocenters. The minimum Gasteiger partial charge on any atom is -0.324 e. The van der Waals surface area contributed by atoms with Crippen LogP contribution in [0.1, 0.15) is 63.4 Å². The third-order valence-electron chi connectivity index (χ3n) is 7.49. The second kappa shape index (κ2) is 8.25. The van der Waals surface area contributed by atoms with E-state index in [0.717, 1.165) is 37.3 Å². The quantitative estimate of drug-likeness (QED) is 0.427. The van der Waals surface area contributed by atoms with E-state index in [1.165, 1.54) is 11.1 Å². The van der Waals surface area contributed by atoms with E-state index in [0.29, 0.717) is 22.8 Å². The second-order valence-corrected chi connectivity index (χ2v) is 11.0. The van der Waals surface area contributed by atoms with Crippen LogP contribution >= 0.6 is 0 Å². The number of anilines is 2. The van der Waals surface area contributed by atoms with Crippen LogP contribution in [0.25, 0.3) is 16.9 Å². The summed E-state index contributed by atoms with van der Waals surface area (Å²) in [6.07, 6.45) is 3.17. The highest BCUT2D eigenvalue weighted by Gasteiger charge is 2.46. The van der Waals surface area contributed by atoms with Crippen molar-refractivity contribution in [3.8, 4) is 11.9 Å². The van der Waals surface area contributed by atoms with Crippen molar-refractivity contribution in [1.82, 2.24) is 29.6 Å². The third-order valence-corrected chi connectivity index (χ3v) is 7.49. The van der Waals surface area contributed by atoms with Crippen LogP contribution in [0.15, 0.2) is 47.4 Å². The lowest BCUT2D eigenvalue weighted by atomic mass is 9.79. The highest BCUT2D eigenvalue weighted by atomic mass is 16.1. The van der Waals surface area contributed by atoms with Gasteiger partial charge in [0.05, 0.1) is 17.2 Å². The van der Waals surface area contributed by atoms with Gasteiger partial charge in [0.15, 0.2) is 11.5 Å². The Bertz CT molecular complexity index is 1630. The molecule has 0 saturated heterocycles. The Balaban J connectivity index is 1.45. The van der Waals surface area contributed by atoms with Gasteiger partial charge < -0.3 is 10.6 Å². The summed E-state index contributed by atoms with van der Waals surface area (Å²) in [5.41, 5.74) is 4.05. The number of aromatic nitrogens is 5. The number of nitriles is 1. The Morgan fingerprint density at radius 2 is 1.97 bits per heavy atom. The predicted octanol–water partition coefficient (Wildman–Crippen LogP) is 4.24. The molecule has 0 spiro atoms.